The van der Waals surface area contributed by atoms with Crippen LogP contribution in [0.25, 0.3) is 33.0 Å². The predicted molar refractivity (Wildman–Crippen MR) is 564 cm³/mol. The van der Waals surface area contributed by atoms with Gasteiger partial charge in [-0.05, 0) is 276 Å². The highest BCUT2D eigenvalue weighted by Crippen LogP contribution is 2.33. The molecule has 1 heteroatoms. The number of hydrogen-bond donors (Lipinski definition) is 0. The van der Waals surface area contributed by atoms with E-state index in [4.69, 9.17) is 4.74 Å². The molecule has 0 saturated carbocycles. The molecule has 1 nitrogen and oxygen atoms in total. The first kappa shape index (κ1) is 109. The third kappa shape index (κ3) is 48.0. The molecule has 0 aliphatic carbocycles. The van der Waals surface area contributed by atoms with Gasteiger partial charge in [0.25, 0.3) is 0 Å². The van der Waals surface area contributed by atoms with Crippen molar-refractivity contribution in [3.05, 3.63) is 374 Å². The maximum atomic E-state index is 5.10. The van der Waals surface area contributed by atoms with Gasteiger partial charge >= 0.3 is 0 Å². The van der Waals surface area contributed by atoms with E-state index in [0.29, 0.717) is 43.3 Å². The summed E-state index contributed by atoms with van der Waals surface area (Å²) in [6.07, 6.45) is 9.15. The van der Waals surface area contributed by atoms with Crippen LogP contribution >= 0.6 is 0 Å². The van der Waals surface area contributed by atoms with Crippen LogP contribution < -0.4 is 4.74 Å². The molecule has 0 heterocycles. The molecule has 0 saturated heterocycles. The Morgan fingerprint density at radius 2 is 0.476 bits per heavy atom. The minimum atomic E-state index is 0.240. The SMILES string of the molecule is CC(C)(C)Cc1ccc(-c2ccccc2)cc1.CC(C)(C)Cc1ccc(C(C)(C)C)cc1.CC(C)(C)Cc1cccc(-c2ccccc2)c1.CC(C)(C)Cc1ccccc1.CC(C)(C)c1ccc2ccccc2c1.COc1ccc(CC(C)(C)C)cc1.Cc1ccc(C)c(CC(C)(C)C)c1.Cc1ccc(CC(C)(C)C)cc1C.Cc1ccc(CC(C)(C)C)cc1C. The van der Waals surface area contributed by atoms with Crippen LogP contribution in [-0.4, -0.2) is 7.11 Å². The summed E-state index contributed by atoms with van der Waals surface area (Å²) in [5.41, 5.74) is 31.3. The maximum Gasteiger partial charge on any atom is 0.118 e. The van der Waals surface area contributed by atoms with E-state index in [9.17, 15) is 0 Å². The van der Waals surface area contributed by atoms with Crippen molar-refractivity contribution in [3.63, 3.8) is 0 Å². The molecule has 0 fully saturated rings. The van der Waals surface area contributed by atoms with Crippen LogP contribution in [0.2, 0.25) is 0 Å². The van der Waals surface area contributed by atoms with E-state index in [2.05, 4.69) is 522 Å². The minimum Gasteiger partial charge on any atom is -0.497 e. The molecule has 126 heavy (non-hydrogen) atoms. The van der Waals surface area contributed by atoms with Crippen molar-refractivity contribution in [3.8, 4) is 28.0 Å². The van der Waals surface area contributed by atoms with E-state index in [1.165, 1.54) is 128 Å². The van der Waals surface area contributed by atoms with Gasteiger partial charge in [0.15, 0.2) is 0 Å². The van der Waals surface area contributed by atoms with Crippen LogP contribution in [0.15, 0.2) is 285 Å². The molecule has 680 valence electrons. The molecule has 12 aromatic rings. The number of rotatable bonds is 11. The van der Waals surface area contributed by atoms with E-state index in [-0.39, 0.29) is 10.8 Å². The topological polar surface area (TPSA) is 9.23 Å². The number of aryl methyl sites for hydroxylation is 6. The Labute approximate surface area is 774 Å². The maximum absolute atomic E-state index is 5.10. The fourth-order valence-corrected chi connectivity index (χ4v) is 14.7. The van der Waals surface area contributed by atoms with Crippen molar-refractivity contribution < 1.29 is 4.74 Å². The van der Waals surface area contributed by atoms with Crippen LogP contribution in [0.3, 0.4) is 0 Å². The van der Waals surface area contributed by atoms with Crippen LogP contribution in [0, 0.1) is 84.9 Å². The van der Waals surface area contributed by atoms with Crippen molar-refractivity contribution in [2.45, 2.75) is 311 Å². The predicted octanol–water partition coefficient (Wildman–Crippen LogP) is 36.8. The molecule has 0 radical (unpaired) electrons. The second kappa shape index (κ2) is 49.3. The Balaban J connectivity index is 0.000000298. The second-order valence-corrected chi connectivity index (χ2v) is 47.4. The summed E-state index contributed by atoms with van der Waals surface area (Å²) in [7, 11) is 1.69. The number of benzene rings is 12. The Morgan fingerprint density at radius 3 is 0.849 bits per heavy atom. The molecular weight excluding hydrogens is 1520 g/mol. The summed E-state index contributed by atoms with van der Waals surface area (Å²) in [5, 5.41) is 2.65. The Bertz CT molecular complexity index is 4990. The normalized spacial score (nSPS) is 11.8. The molecule has 0 aromatic heterocycles. The zero-order valence-electron chi connectivity index (χ0n) is 86.7. The summed E-state index contributed by atoms with van der Waals surface area (Å²) in [5.74, 6) is 0.928. The Kier molecular flexibility index (Phi) is 42.7. The molecule has 12 aromatic carbocycles. The number of fused-ring (bicyclic) bond motifs is 1. The van der Waals surface area contributed by atoms with Crippen molar-refractivity contribution in [1.82, 2.24) is 0 Å². The molecular formula is C125H174O. The lowest BCUT2D eigenvalue weighted by atomic mass is 9.84. The average Bonchev–Trinajstić information content (AvgIpc) is 0.813. The summed E-state index contributed by atoms with van der Waals surface area (Å²) in [6.45, 7) is 81.1. The van der Waals surface area contributed by atoms with Gasteiger partial charge in [0.1, 0.15) is 5.75 Å². The van der Waals surface area contributed by atoms with Crippen LogP contribution in [0.1, 0.15) is 297 Å². The van der Waals surface area contributed by atoms with Gasteiger partial charge in [0.05, 0.1) is 7.11 Å². The molecule has 0 atom stereocenters. The summed E-state index contributed by atoms with van der Waals surface area (Å²) >= 11 is 0. The van der Waals surface area contributed by atoms with Gasteiger partial charge < -0.3 is 4.74 Å². The van der Waals surface area contributed by atoms with Gasteiger partial charge in [-0.3, -0.25) is 0 Å². The van der Waals surface area contributed by atoms with Crippen molar-refractivity contribution in [2.75, 3.05) is 7.11 Å². The molecule has 0 N–H and O–H groups in total. The van der Waals surface area contributed by atoms with Gasteiger partial charge in [0.2, 0.25) is 0 Å². The highest BCUT2D eigenvalue weighted by Gasteiger charge is 2.20. The first-order valence-corrected chi connectivity index (χ1v) is 46.8. The van der Waals surface area contributed by atoms with E-state index < -0.39 is 0 Å². The standard InChI is InChI=1S/2C17H20.C15H24.C14H16.3C13H20.C12H18O.C11H16/c1-17(2,3)13-14-8-7-11-16(12-14)15-9-5-4-6-10-15;1-17(2,3)13-14-9-11-16(12-10-14)15-7-5-4-6-8-15;1-14(2,3)11-12-7-9-13(10-8-12)15(4,5)6;1-14(2,3)13-9-8-11-6-4-5-7-12(11)10-13;2*1-10-6-7-12(8-11(10)2)9-13(3,4)5;1-10-6-7-11(2)12(8-10)9-13(3,4)5;1-12(2,3)9-10-5-7-11(13-4)8-6-10;1-11(2,3)9-10-7-5-4-6-8-10/h2*4-12H,13H2,1-3H3;7-10H,11H2,1-6H3;4-10H,1-3H3;3*6-8H,9H2,1-5H3;5-8H,9H2,1-4H3;4-8H,9H2,1-3H3. The number of hydrogen-bond acceptors (Lipinski definition) is 1. The summed E-state index contributed by atoms with van der Waals surface area (Å²) in [6, 6.07) is 102. The van der Waals surface area contributed by atoms with E-state index in [0.717, 1.165) is 50.7 Å². The van der Waals surface area contributed by atoms with Crippen molar-refractivity contribution >= 4 is 10.8 Å². The second-order valence-electron chi connectivity index (χ2n) is 47.4. The smallest absolute Gasteiger partial charge is 0.118 e. The van der Waals surface area contributed by atoms with Crippen molar-refractivity contribution in [1.29, 1.82) is 0 Å². The third-order valence-electron chi connectivity index (χ3n) is 21.0. The van der Waals surface area contributed by atoms with E-state index in [1.807, 2.05) is 12.1 Å². The molecule has 12 rings (SSSR count). The lowest BCUT2D eigenvalue weighted by Crippen LogP contribution is -2.12. The molecule has 0 amide bonds. The molecule has 0 aliphatic rings. The zero-order chi connectivity index (χ0) is 94.9. The first-order chi connectivity index (χ1) is 58.1. The molecule has 0 unspecified atom stereocenters. The monoisotopic (exact) mass is 1690 g/mol. The lowest BCUT2D eigenvalue weighted by Gasteiger charge is -2.21. The molecule has 0 bridgehead atoms. The summed E-state index contributed by atoms with van der Waals surface area (Å²) < 4.78 is 5.10. The lowest BCUT2D eigenvalue weighted by molar-refractivity contribution is 0.406. The molecule has 0 spiro atoms. The quantitative estimate of drug-likeness (QED) is 0.125. The van der Waals surface area contributed by atoms with Crippen molar-refractivity contribution in [2.24, 2.45) is 43.3 Å². The van der Waals surface area contributed by atoms with E-state index in [1.54, 1.807) is 7.11 Å². The molecule has 0 aliphatic heterocycles. The highest BCUT2D eigenvalue weighted by molar-refractivity contribution is 5.83. The average molecular weight is 1690 g/mol. The Morgan fingerprint density at radius 1 is 0.190 bits per heavy atom. The zero-order valence-corrected chi connectivity index (χ0v) is 86.7. The van der Waals surface area contributed by atoms with Crippen LogP contribution in [-0.2, 0) is 62.2 Å². The fourth-order valence-electron chi connectivity index (χ4n) is 14.7. The Hall–Kier alpha value is -9.30. The number of methoxy groups -OCH3 is 1. The largest absolute Gasteiger partial charge is 0.497 e. The number of ether oxygens (including phenoxy) is 1. The van der Waals surface area contributed by atoms with Crippen LogP contribution in [0.4, 0.5) is 0 Å². The summed E-state index contributed by atoms with van der Waals surface area (Å²) in [4.78, 5) is 0. The van der Waals surface area contributed by atoms with Gasteiger partial charge in [-0.1, -0.05) is 486 Å². The van der Waals surface area contributed by atoms with Gasteiger partial charge in [-0.15, -0.1) is 0 Å². The van der Waals surface area contributed by atoms with Gasteiger partial charge in [-0.25, -0.2) is 0 Å². The van der Waals surface area contributed by atoms with Gasteiger partial charge in [-0.2, -0.15) is 0 Å². The third-order valence-corrected chi connectivity index (χ3v) is 21.0. The van der Waals surface area contributed by atoms with Gasteiger partial charge in [0, 0.05) is 0 Å². The first-order valence-electron chi connectivity index (χ1n) is 46.8. The fraction of sp³-hybridized carbons (Fsp3) is 0.440. The van der Waals surface area contributed by atoms with E-state index >= 15 is 0 Å². The minimum absolute atomic E-state index is 0.240. The van der Waals surface area contributed by atoms with Crippen LogP contribution in [0.5, 0.6) is 5.75 Å². The highest BCUT2D eigenvalue weighted by atomic mass is 16.5.